The number of halogens is 1. The van der Waals surface area contributed by atoms with Crippen molar-refractivity contribution in [3.63, 3.8) is 0 Å². The standard InChI is InChI=1S/C18H23ClN4O/c1-12-17(14-7-9-15(19)10-8-14)22-18(21-12)13(2)20-16(24)6-5-11-23(3)4/h5-10,13H,11H2,1-4H3,(H,20,24)(H,21,22)/b6-5+. The lowest BCUT2D eigenvalue weighted by molar-refractivity contribution is -0.117. The van der Waals surface area contributed by atoms with Gasteiger partial charge in [0.15, 0.2) is 0 Å². The number of aromatic nitrogens is 2. The first kappa shape index (κ1) is 18.2. The summed E-state index contributed by atoms with van der Waals surface area (Å²) in [5.74, 6) is 0.596. The molecule has 2 aromatic rings. The molecule has 2 N–H and O–H groups in total. The van der Waals surface area contributed by atoms with E-state index in [-0.39, 0.29) is 11.9 Å². The maximum Gasteiger partial charge on any atom is 0.244 e. The van der Waals surface area contributed by atoms with Crippen molar-refractivity contribution >= 4 is 17.5 Å². The molecule has 1 unspecified atom stereocenters. The summed E-state index contributed by atoms with van der Waals surface area (Å²) in [4.78, 5) is 21.8. The van der Waals surface area contributed by atoms with Crippen LogP contribution >= 0.6 is 11.6 Å². The minimum absolute atomic E-state index is 0.133. The maximum atomic E-state index is 11.9. The number of hydrogen-bond acceptors (Lipinski definition) is 3. The molecule has 2 rings (SSSR count). The van der Waals surface area contributed by atoms with E-state index in [4.69, 9.17) is 11.6 Å². The number of carbonyl (C=O) groups excluding carboxylic acids is 1. The number of nitrogens with zero attached hydrogens (tertiary/aromatic N) is 2. The van der Waals surface area contributed by atoms with Gasteiger partial charge in [0.05, 0.1) is 11.7 Å². The van der Waals surface area contributed by atoms with Crippen LogP contribution < -0.4 is 5.32 Å². The average molecular weight is 347 g/mol. The number of amides is 1. The number of carbonyl (C=O) groups is 1. The van der Waals surface area contributed by atoms with Crippen LogP contribution in [0, 0.1) is 6.92 Å². The highest BCUT2D eigenvalue weighted by molar-refractivity contribution is 6.30. The molecule has 0 aliphatic heterocycles. The molecule has 1 aromatic carbocycles. The summed E-state index contributed by atoms with van der Waals surface area (Å²) in [7, 11) is 3.91. The van der Waals surface area contributed by atoms with Gasteiger partial charge in [-0.05, 0) is 40.1 Å². The summed E-state index contributed by atoms with van der Waals surface area (Å²) < 4.78 is 0. The summed E-state index contributed by atoms with van der Waals surface area (Å²) >= 11 is 5.93. The van der Waals surface area contributed by atoms with Gasteiger partial charge >= 0.3 is 0 Å². The second kappa shape index (κ2) is 8.13. The van der Waals surface area contributed by atoms with E-state index in [0.717, 1.165) is 29.3 Å². The second-order valence-corrected chi connectivity index (χ2v) is 6.43. The van der Waals surface area contributed by atoms with Crippen molar-refractivity contribution in [1.29, 1.82) is 0 Å². The lowest BCUT2D eigenvalue weighted by Crippen LogP contribution is -2.25. The predicted molar refractivity (Wildman–Crippen MR) is 98.0 cm³/mol. The van der Waals surface area contributed by atoms with E-state index in [1.165, 1.54) is 0 Å². The van der Waals surface area contributed by atoms with Crippen LogP contribution in [0.2, 0.25) is 5.02 Å². The molecule has 1 aromatic heterocycles. The highest BCUT2D eigenvalue weighted by atomic mass is 35.5. The number of H-pyrrole nitrogens is 1. The van der Waals surface area contributed by atoms with Gasteiger partial charge in [-0.15, -0.1) is 0 Å². The molecule has 0 saturated carbocycles. The molecule has 0 saturated heterocycles. The molecule has 1 amide bonds. The van der Waals surface area contributed by atoms with Crippen molar-refractivity contribution in [2.24, 2.45) is 0 Å². The SMILES string of the molecule is Cc1[nH]c(C(C)NC(=O)/C=C/CN(C)C)nc1-c1ccc(Cl)cc1. The molecule has 0 aliphatic carbocycles. The quantitative estimate of drug-likeness (QED) is 0.789. The van der Waals surface area contributed by atoms with E-state index in [0.29, 0.717) is 5.02 Å². The monoisotopic (exact) mass is 346 g/mol. The number of imidazole rings is 1. The fourth-order valence-corrected chi connectivity index (χ4v) is 2.40. The zero-order chi connectivity index (χ0) is 17.7. The van der Waals surface area contributed by atoms with E-state index in [1.807, 2.05) is 63.2 Å². The van der Waals surface area contributed by atoms with Crippen LogP contribution in [0.5, 0.6) is 0 Å². The minimum Gasteiger partial charge on any atom is -0.344 e. The molecular formula is C18H23ClN4O. The normalized spacial score (nSPS) is 12.8. The first-order valence-corrected chi connectivity index (χ1v) is 8.19. The van der Waals surface area contributed by atoms with Gasteiger partial charge in [0.1, 0.15) is 5.82 Å². The number of aromatic amines is 1. The predicted octanol–water partition coefficient (Wildman–Crippen LogP) is 3.33. The molecule has 0 bridgehead atoms. The fourth-order valence-electron chi connectivity index (χ4n) is 2.28. The summed E-state index contributed by atoms with van der Waals surface area (Å²) in [6.07, 6.45) is 3.38. The molecular weight excluding hydrogens is 324 g/mol. The Morgan fingerprint density at radius 3 is 2.67 bits per heavy atom. The number of hydrogen-bond donors (Lipinski definition) is 2. The number of likely N-dealkylation sites (N-methyl/N-ethyl adjacent to an activating group) is 1. The van der Waals surface area contributed by atoms with Crippen LogP contribution in [0.3, 0.4) is 0 Å². The molecule has 5 nitrogen and oxygen atoms in total. The topological polar surface area (TPSA) is 61.0 Å². The molecule has 1 heterocycles. The molecule has 24 heavy (non-hydrogen) atoms. The van der Waals surface area contributed by atoms with Gasteiger partial charge in [-0.3, -0.25) is 4.79 Å². The van der Waals surface area contributed by atoms with Crippen LogP contribution in [0.4, 0.5) is 0 Å². The van der Waals surface area contributed by atoms with Crippen molar-refractivity contribution in [3.05, 3.63) is 53.0 Å². The van der Waals surface area contributed by atoms with E-state index in [1.54, 1.807) is 6.08 Å². The van der Waals surface area contributed by atoms with Gasteiger partial charge in [-0.1, -0.05) is 29.8 Å². The summed E-state index contributed by atoms with van der Waals surface area (Å²) in [6.45, 7) is 4.59. The molecule has 0 spiro atoms. The highest BCUT2D eigenvalue weighted by Gasteiger charge is 2.15. The van der Waals surface area contributed by atoms with Gasteiger partial charge in [-0.2, -0.15) is 0 Å². The zero-order valence-electron chi connectivity index (χ0n) is 14.4. The first-order valence-electron chi connectivity index (χ1n) is 7.81. The van der Waals surface area contributed by atoms with Crippen LogP contribution in [0.15, 0.2) is 36.4 Å². The molecule has 0 radical (unpaired) electrons. The number of nitrogens with one attached hydrogen (secondary N) is 2. The second-order valence-electron chi connectivity index (χ2n) is 6.00. The van der Waals surface area contributed by atoms with Crippen molar-refractivity contribution in [1.82, 2.24) is 20.2 Å². The minimum atomic E-state index is -0.207. The Labute approximate surface area is 147 Å². The van der Waals surface area contributed by atoms with Gasteiger partial charge in [0, 0.05) is 28.9 Å². The van der Waals surface area contributed by atoms with Crippen molar-refractivity contribution in [3.8, 4) is 11.3 Å². The Morgan fingerprint density at radius 2 is 2.04 bits per heavy atom. The average Bonchev–Trinajstić information content (AvgIpc) is 2.90. The van der Waals surface area contributed by atoms with Crippen LogP contribution in [-0.2, 0) is 4.79 Å². The first-order chi connectivity index (χ1) is 11.4. The number of benzene rings is 1. The van der Waals surface area contributed by atoms with Crippen molar-refractivity contribution < 1.29 is 4.79 Å². The van der Waals surface area contributed by atoms with Crippen LogP contribution in [0.1, 0.15) is 24.5 Å². The Hall–Kier alpha value is -2.11. The van der Waals surface area contributed by atoms with E-state index in [9.17, 15) is 4.79 Å². The zero-order valence-corrected chi connectivity index (χ0v) is 15.2. The third kappa shape index (κ3) is 4.94. The van der Waals surface area contributed by atoms with E-state index < -0.39 is 0 Å². The van der Waals surface area contributed by atoms with E-state index >= 15 is 0 Å². The lowest BCUT2D eigenvalue weighted by atomic mass is 10.1. The lowest BCUT2D eigenvalue weighted by Gasteiger charge is -2.09. The van der Waals surface area contributed by atoms with Gasteiger partial charge in [0.2, 0.25) is 5.91 Å². The number of rotatable bonds is 6. The van der Waals surface area contributed by atoms with Crippen LogP contribution in [-0.4, -0.2) is 41.4 Å². The van der Waals surface area contributed by atoms with Gasteiger partial charge < -0.3 is 15.2 Å². The fraction of sp³-hybridized carbons (Fsp3) is 0.333. The van der Waals surface area contributed by atoms with Gasteiger partial charge in [-0.25, -0.2) is 4.98 Å². The highest BCUT2D eigenvalue weighted by Crippen LogP contribution is 2.24. The largest absolute Gasteiger partial charge is 0.344 e. The molecule has 1 atom stereocenters. The summed E-state index contributed by atoms with van der Waals surface area (Å²) in [6, 6.07) is 7.34. The smallest absolute Gasteiger partial charge is 0.244 e. The summed E-state index contributed by atoms with van der Waals surface area (Å²) in [5, 5.41) is 3.60. The third-order valence-corrected chi connectivity index (χ3v) is 3.78. The molecule has 0 fully saturated rings. The number of aryl methyl sites for hydroxylation is 1. The molecule has 6 heteroatoms. The van der Waals surface area contributed by atoms with E-state index in [2.05, 4.69) is 15.3 Å². The maximum absolute atomic E-state index is 11.9. The molecule has 128 valence electrons. The van der Waals surface area contributed by atoms with Crippen molar-refractivity contribution in [2.45, 2.75) is 19.9 Å². The Kier molecular flexibility index (Phi) is 6.17. The molecule has 0 aliphatic rings. The third-order valence-electron chi connectivity index (χ3n) is 3.53. The Bertz CT molecular complexity index is 719. The van der Waals surface area contributed by atoms with Crippen LogP contribution in [0.25, 0.3) is 11.3 Å². The van der Waals surface area contributed by atoms with Crippen molar-refractivity contribution in [2.75, 3.05) is 20.6 Å². The Balaban J connectivity index is 2.07. The summed E-state index contributed by atoms with van der Waals surface area (Å²) in [5.41, 5.74) is 2.81. The Morgan fingerprint density at radius 1 is 1.38 bits per heavy atom. The van der Waals surface area contributed by atoms with Gasteiger partial charge in [0.25, 0.3) is 0 Å².